The van der Waals surface area contributed by atoms with Crippen molar-refractivity contribution in [3.8, 4) is 11.5 Å². The third kappa shape index (κ3) is 2.24. The second kappa shape index (κ2) is 5.24. The fourth-order valence-corrected chi connectivity index (χ4v) is 2.68. The van der Waals surface area contributed by atoms with Crippen LogP contribution in [-0.4, -0.2) is 19.5 Å². The quantitative estimate of drug-likeness (QED) is 0.631. The van der Waals surface area contributed by atoms with Gasteiger partial charge in [0.1, 0.15) is 5.69 Å². The smallest absolute Gasteiger partial charge is 0.329 e. The summed E-state index contributed by atoms with van der Waals surface area (Å²) in [5.41, 5.74) is 2.37. The Labute approximate surface area is 131 Å². The lowest BCUT2D eigenvalue weighted by molar-refractivity contribution is 0.579. The predicted molar refractivity (Wildman–Crippen MR) is 86.1 cm³/mol. The molecule has 0 saturated heterocycles. The van der Waals surface area contributed by atoms with Gasteiger partial charge >= 0.3 is 5.69 Å². The number of aromatic nitrogens is 4. The first-order chi connectivity index (χ1) is 11.2. The van der Waals surface area contributed by atoms with E-state index < -0.39 is 0 Å². The molecule has 4 aromatic rings. The summed E-state index contributed by atoms with van der Waals surface area (Å²) < 4.78 is 6.98. The summed E-state index contributed by atoms with van der Waals surface area (Å²) in [7, 11) is 0. The van der Waals surface area contributed by atoms with Crippen molar-refractivity contribution in [2.45, 2.75) is 13.0 Å². The summed E-state index contributed by atoms with van der Waals surface area (Å²) in [4.78, 5) is 24.0. The van der Waals surface area contributed by atoms with Gasteiger partial charge in [0.05, 0.1) is 18.5 Å². The molecule has 3 aromatic heterocycles. The van der Waals surface area contributed by atoms with Crippen molar-refractivity contribution in [2.24, 2.45) is 0 Å². The molecule has 114 valence electrons. The molecule has 1 N–H and O–H groups in total. The average molecular weight is 306 g/mol. The molecule has 0 radical (unpaired) electrons. The molecule has 0 bridgehead atoms. The fraction of sp³-hybridized carbons (Fsp3) is 0.118. The molecule has 6 heteroatoms. The van der Waals surface area contributed by atoms with E-state index in [4.69, 9.17) is 4.42 Å². The lowest BCUT2D eigenvalue weighted by Crippen LogP contribution is -2.21. The SMILES string of the molecule is C[C@H](c1ccccc1)n1c(=O)[nH]c2ncc(-c3ccco3)nc21. The number of hydrogen-bond donors (Lipinski definition) is 1. The second-order valence-electron chi connectivity index (χ2n) is 5.29. The van der Waals surface area contributed by atoms with Crippen molar-refractivity contribution in [3.05, 3.63) is 71.0 Å². The highest BCUT2D eigenvalue weighted by molar-refractivity contribution is 5.69. The molecule has 6 nitrogen and oxygen atoms in total. The Hall–Kier alpha value is -3.15. The second-order valence-corrected chi connectivity index (χ2v) is 5.29. The third-order valence-electron chi connectivity index (χ3n) is 3.87. The number of fused-ring (bicyclic) bond motifs is 1. The number of imidazole rings is 1. The number of rotatable bonds is 3. The van der Waals surface area contributed by atoms with Crippen LogP contribution in [0.2, 0.25) is 0 Å². The van der Waals surface area contributed by atoms with Gasteiger partial charge in [-0.2, -0.15) is 0 Å². The van der Waals surface area contributed by atoms with E-state index in [0.29, 0.717) is 22.7 Å². The number of H-pyrrole nitrogens is 1. The number of furan rings is 1. The zero-order valence-corrected chi connectivity index (χ0v) is 12.4. The van der Waals surface area contributed by atoms with Crippen LogP contribution in [0.4, 0.5) is 0 Å². The van der Waals surface area contributed by atoms with Gasteiger partial charge in [0.15, 0.2) is 17.1 Å². The molecule has 4 rings (SSSR count). The molecule has 0 spiro atoms. The van der Waals surface area contributed by atoms with Crippen LogP contribution in [0.3, 0.4) is 0 Å². The molecule has 0 fully saturated rings. The zero-order valence-electron chi connectivity index (χ0n) is 12.4. The van der Waals surface area contributed by atoms with E-state index in [1.807, 2.05) is 43.3 Å². The first-order valence-corrected chi connectivity index (χ1v) is 7.30. The summed E-state index contributed by atoms with van der Waals surface area (Å²) in [5.74, 6) is 0.618. The Morgan fingerprint density at radius 3 is 2.74 bits per heavy atom. The topological polar surface area (TPSA) is 76.7 Å². The van der Waals surface area contributed by atoms with Crippen LogP contribution in [0.5, 0.6) is 0 Å². The molecule has 3 heterocycles. The lowest BCUT2D eigenvalue weighted by Gasteiger charge is -2.13. The van der Waals surface area contributed by atoms with Gasteiger partial charge in [0.25, 0.3) is 0 Å². The van der Waals surface area contributed by atoms with Gasteiger partial charge < -0.3 is 4.42 Å². The van der Waals surface area contributed by atoms with E-state index in [9.17, 15) is 4.79 Å². The van der Waals surface area contributed by atoms with E-state index >= 15 is 0 Å². The number of benzene rings is 1. The van der Waals surface area contributed by atoms with Crippen molar-refractivity contribution in [2.75, 3.05) is 0 Å². The van der Waals surface area contributed by atoms with E-state index in [1.54, 1.807) is 23.1 Å². The van der Waals surface area contributed by atoms with Crippen molar-refractivity contribution in [3.63, 3.8) is 0 Å². The Kier molecular flexibility index (Phi) is 3.08. The molecule has 0 aliphatic carbocycles. The van der Waals surface area contributed by atoms with Crippen LogP contribution >= 0.6 is 0 Å². The Morgan fingerprint density at radius 2 is 2.00 bits per heavy atom. The van der Waals surface area contributed by atoms with E-state index in [2.05, 4.69) is 15.0 Å². The van der Waals surface area contributed by atoms with Crippen LogP contribution in [0.15, 0.2) is 64.1 Å². The molecule has 0 aliphatic heterocycles. The van der Waals surface area contributed by atoms with Gasteiger partial charge in [-0.1, -0.05) is 30.3 Å². The third-order valence-corrected chi connectivity index (χ3v) is 3.87. The maximum Gasteiger partial charge on any atom is 0.329 e. The monoisotopic (exact) mass is 306 g/mol. The van der Waals surface area contributed by atoms with Crippen LogP contribution in [0, 0.1) is 0 Å². The summed E-state index contributed by atoms with van der Waals surface area (Å²) in [6, 6.07) is 13.3. The number of hydrogen-bond acceptors (Lipinski definition) is 4. The Bertz CT molecular complexity index is 1000. The van der Waals surface area contributed by atoms with Crippen LogP contribution in [0.1, 0.15) is 18.5 Å². The summed E-state index contributed by atoms with van der Waals surface area (Å²) in [6.45, 7) is 1.96. The minimum atomic E-state index is -0.229. The van der Waals surface area contributed by atoms with Gasteiger partial charge in [0, 0.05) is 0 Å². The number of nitrogens with one attached hydrogen (secondary N) is 1. The minimum Gasteiger partial charge on any atom is -0.463 e. The van der Waals surface area contributed by atoms with Gasteiger partial charge in [-0.3, -0.25) is 9.55 Å². The molecule has 0 saturated carbocycles. The van der Waals surface area contributed by atoms with Gasteiger partial charge in [0.2, 0.25) is 0 Å². The summed E-state index contributed by atoms with van der Waals surface area (Å²) in [5, 5.41) is 0. The van der Waals surface area contributed by atoms with Crippen molar-refractivity contribution >= 4 is 11.3 Å². The largest absolute Gasteiger partial charge is 0.463 e. The summed E-state index contributed by atoms with van der Waals surface area (Å²) in [6.07, 6.45) is 3.17. The Balaban J connectivity index is 1.90. The normalized spacial score (nSPS) is 12.6. The Morgan fingerprint density at radius 1 is 1.17 bits per heavy atom. The van der Waals surface area contributed by atoms with E-state index in [-0.39, 0.29) is 11.7 Å². The molecule has 0 aliphatic rings. The highest BCUT2D eigenvalue weighted by Crippen LogP contribution is 2.22. The number of nitrogens with zero attached hydrogens (tertiary/aromatic N) is 3. The van der Waals surface area contributed by atoms with Crippen molar-refractivity contribution in [1.82, 2.24) is 19.5 Å². The molecule has 1 aromatic carbocycles. The average Bonchev–Trinajstić information content (AvgIpc) is 3.21. The van der Waals surface area contributed by atoms with Crippen LogP contribution < -0.4 is 5.69 Å². The van der Waals surface area contributed by atoms with Gasteiger partial charge in [-0.05, 0) is 24.6 Å². The molecule has 23 heavy (non-hydrogen) atoms. The van der Waals surface area contributed by atoms with E-state index in [1.165, 1.54) is 0 Å². The first kappa shape index (κ1) is 13.5. The number of aromatic amines is 1. The molecule has 0 unspecified atom stereocenters. The highest BCUT2D eigenvalue weighted by Gasteiger charge is 2.17. The molecule has 1 atom stereocenters. The van der Waals surface area contributed by atoms with Crippen molar-refractivity contribution < 1.29 is 4.42 Å². The van der Waals surface area contributed by atoms with E-state index in [0.717, 1.165) is 5.56 Å². The predicted octanol–water partition coefficient (Wildman–Crippen LogP) is 2.99. The van der Waals surface area contributed by atoms with Gasteiger partial charge in [-0.15, -0.1) is 0 Å². The van der Waals surface area contributed by atoms with Crippen molar-refractivity contribution in [1.29, 1.82) is 0 Å². The zero-order chi connectivity index (χ0) is 15.8. The van der Waals surface area contributed by atoms with Gasteiger partial charge in [-0.25, -0.2) is 14.8 Å². The molecular weight excluding hydrogens is 292 g/mol. The minimum absolute atomic E-state index is 0.154. The first-order valence-electron chi connectivity index (χ1n) is 7.30. The fourth-order valence-electron chi connectivity index (χ4n) is 2.68. The summed E-state index contributed by atoms with van der Waals surface area (Å²) >= 11 is 0. The van der Waals surface area contributed by atoms with Crippen LogP contribution in [0.25, 0.3) is 22.7 Å². The van der Waals surface area contributed by atoms with Crippen LogP contribution in [-0.2, 0) is 0 Å². The molecule has 0 amide bonds. The standard InChI is InChI=1S/C17H14N4O2/c1-11(12-6-3-2-4-7-12)21-16-15(20-17(21)22)18-10-13(19-16)14-8-5-9-23-14/h2-11H,1H3,(H,18,20,22)/t11-/m1/s1. The maximum absolute atomic E-state index is 12.4. The highest BCUT2D eigenvalue weighted by atomic mass is 16.3. The lowest BCUT2D eigenvalue weighted by atomic mass is 10.1. The molecular formula is C17H14N4O2. The maximum atomic E-state index is 12.4.